The van der Waals surface area contributed by atoms with Crippen LogP contribution in [0, 0.1) is 11.8 Å². The van der Waals surface area contributed by atoms with Gasteiger partial charge in [0.2, 0.25) is 11.8 Å². The Kier molecular flexibility index (Phi) is 6.32. The van der Waals surface area contributed by atoms with Gasteiger partial charge in [-0.1, -0.05) is 27.7 Å². The molecule has 1 unspecified atom stereocenters. The third kappa shape index (κ3) is 4.51. The third-order valence-electron chi connectivity index (χ3n) is 3.94. The summed E-state index contributed by atoms with van der Waals surface area (Å²) >= 11 is 0. The average Bonchev–Trinajstić information content (AvgIpc) is 2.40. The van der Waals surface area contributed by atoms with Gasteiger partial charge in [-0.3, -0.25) is 9.59 Å². The molecular formula is C15H28N2O2. The predicted molar refractivity (Wildman–Crippen MR) is 76.7 cm³/mol. The molecule has 0 radical (unpaired) electrons. The molecule has 1 atom stereocenters. The number of likely N-dealkylation sites (tertiary alicyclic amines) is 1. The topological polar surface area (TPSA) is 49.4 Å². The number of hydrogen-bond acceptors (Lipinski definition) is 2. The average molecular weight is 268 g/mol. The van der Waals surface area contributed by atoms with Crippen molar-refractivity contribution in [2.24, 2.45) is 11.8 Å². The molecule has 1 saturated heterocycles. The van der Waals surface area contributed by atoms with Gasteiger partial charge in [0.25, 0.3) is 0 Å². The van der Waals surface area contributed by atoms with Gasteiger partial charge in [-0.2, -0.15) is 0 Å². The lowest BCUT2D eigenvalue weighted by molar-refractivity contribution is -0.138. The Balaban J connectivity index is 2.54. The van der Waals surface area contributed by atoms with Crippen LogP contribution in [0.4, 0.5) is 0 Å². The summed E-state index contributed by atoms with van der Waals surface area (Å²) in [5.41, 5.74) is 0. The van der Waals surface area contributed by atoms with Gasteiger partial charge in [0.15, 0.2) is 0 Å². The summed E-state index contributed by atoms with van der Waals surface area (Å²) in [7, 11) is 0. The molecular weight excluding hydrogens is 240 g/mol. The van der Waals surface area contributed by atoms with E-state index in [4.69, 9.17) is 0 Å². The second-order valence-electron chi connectivity index (χ2n) is 5.80. The number of nitrogens with one attached hydrogen (secondary N) is 1. The summed E-state index contributed by atoms with van der Waals surface area (Å²) in [6.45, 7) is 9.43. The molecule has 4 nitrogen and oxygen atoms in total. The van der Waals surface area contributed by atoms with Crippen molar-refractivity contribution in [3.05, 3.63) is 0 Å². The zero-order valence-corrected chi connectivity index (χ0v) is 12.7. The van der Waals surface area contributed by atoms with Crippen LogP contribution < -0.4 is 5.32 Å². The molecule has 0 saturated carbocycles. The maximum Gasteiger partial charge on any atom is 0.225 e. The van der Waals surface area contributed by atoms with E-state index in [0.29, 0.717) is 6.54 Å². The predicted octanol–water partition coefficient (Wildman–Crippen LogP) is 2.19. The second-order valence-corrected chi connectivity index (χ2v) is 5.80. The van der Waals surface area contributed by atoms with Gasteiger partial charge in [0.05, 0.1) is 0 Å². The first-order valence-electron chi connectivity index (χ1n) is 7.58. The highest BCUT2D eigenvalue weighted by molar-refractivity contribution is 5.80. The van der Waals surface area contributed by atoms with Crippen molar-refractivity contribution < 1.29 is 9.59 Å². The lowest BCUT2D eigenvalue weighted by Crippen LogP contribution is -2.51. The molecule has 1 heterocycles. The Morgan fingerprint density at radius 3 is 2.42 bits per heavy atom. The molecule has 0 spiro atoms. The largest absolute Gasteiger partial charge is 0.351 e. The van der Waals surface area contributed by atoms with E-state index in [0.717, 1.165) is 32.2 Å². The third-order valence-corrected chi connectivity index (χ3v) is 3.94. The fourth-order valence-corrected chi connectivity index (χ4v) is 2.56. The highest BCUT2D eigenvalue weighted by Gasteiger charge is 2.28. The van der Waals surface area contributed by atoms with Crippen LogP contribution in [0.1, 0.15) is 53.4 Å². The second kappa shape index (κ2) is 7.51. The van der Waals surface area contributed by atoms with Crippen LogP contribution in [0.3, 0.4) is 0 Å². The summed E-state index contributed by atoms with van der Waals surface area (Å²) in [5.74, 6) is 0.486. The van der Waals surface area contributed by atoms with E-state index in [1.807, 2.05) is 18.7 Å². The molecule has 1 fully saturated rings. The number of piperidine rings is 1. The SMILES string of the molecule is CCC(CC)C(=O)N1CCCC(NC(=O)C(C)C)C1. The van der Waals surface area contributed by atoms with Crippen LogP contribution >= 0.6 is 0 Å². The van der Waals surface area contributed by atoms with Crippen LogP contribution in [-0.4, -0.2) is 35.8 Å². The summed E-state index contributed by atoms with van der Waals surface area (Å²) in [5, 5.41) is 3.05. The molecule has 0 aromatic carbocycles. The first-order valence-corrected chi connectivity index (χ1v) is 7.58. The quantitative estimate of drug-likeness (QED) is 0.831. The summed E-state index contributed by atoms with van der Waals surface area (Å²) in [6.07, 6.45) is 3.75. The van der Waals surface area contributed by atoms with Gasteiger partial charge in [-0.05, 0) is 25.7 Å². The van der Waals surface area contributed by atoms with Crippen LogP contribution in [-0.2, 0) is 9.59 Å². The molecule has 4 heteroatoms. The molecule has 1 rings (SSSR count). The van der Waals surface area contributed by atoms with Crippen molar-refractivity contribution in [2.45, 2.75) is 59.4 Å². The normalized spacial score (nSPS) is 19.9. The van der Waals surface area contributed by atoms with Crippen molar-refractivity contribution >= 4 is 11.8 Å². The number of amides is 2. The van der Waals surface area contributed by atoms with Crippen molar-refractivity contribution in [1.29, 1.82) is 0 Å². The molecule has 2 amide bonds. The minimum Gasteiger partial charge on any atom is -0.351 e. The Morgan fingerprint density at radius 2 is 1.89 bits per heavy atom. The van der Waals surface area contributed by atoms with Gasteiger partial charge >= 0.3 is 0 Å². The highest BCUT2D eigenvalue weighted by atomic mass is 16.2. The van der Waals surface area contributed by atoms with E-state index in [-0.39, 0.29) is 29.7 Å². The minimum atomic E-state index is 0.00473. The summed E-state index contributed by atoms with van der Waals surface area (Å²) in [6, 6.07) is 0.127. The molecule has 1 N–H and O–H groups in total. The van der Waals surface area contributed by atoms with Crippen molar-refractivity contribution in [3.63, 3.8) is 0 Å². The van der Waals surface area contributed by atoms with Crippen LogP contribution in [0.15, 0.2) is 0 Å². The maximum atomic E-state index is 12.3. The molecule has 0 aromatic rings. The smallest absolute Gasteiger partial charge is 0.225 e. The standard InChI is InChI=1S/C15H28N2O2/c1-5-12(6-2)15(19)17-9-7-8-13(10-17)16-14(18)11(3)4/h11-13H,5-10H2,1-4H3,(H,16,18). The number of carbonyl (C=O) groups is 2. The molecule has 110 valence electrons. The lowest BCUT2D eigenvalue weighted by atomic mass is 9.98. The molecule has 19 heavy (non-hydrogen) atoms. The molecule has 0 aliphatic carbocycles. The maximum absolute atomic E-state index is 12.3. The highest BCUT2D eigenvalue weighted by Crippen LogP contribution is 2.17. The minimum absolute atomic E-state index is 0.00473. The Bertz CT molecular complexity index is 311. The van der Waals surface area contributed by atoms with Gasteiger partial charge in [0.1, 0.15) is 0 Å². The molecule has 0 bridgehead atoms. The fraction of sp³-hybridized carbons (Fsp3) is 0.867. The summed E-state index contributed by atoms with van der Waals surface area (Å²) in [4.78, 5) is 26.0. The van der Waals surface area contributed by atoms with E-state index in [9.17, 15) is 9.59 Å². The van der Waals surface area contributed by atoms with E-state index in [2.05, 4.69) is 19.2 Å². The Labute approximate surface area is 116 Å². The first kappa shape index (κ1) is 16.0. The van der Waals surface area contributed by atoms with Crippen molar-refractivity contribution in [3.8, 4) is 0 Å². The first-order chi connectivity index (χ1) is 8.99. The number of hydrogen-bond donors (Lipinski definition) is 1. The summed E-state index contributed by atoms with van der Waals surface area (Å²) < 4.78 is 0. The van der Waals surface area contributed by atoms with Crippen molar-refractivity contribution in [1.82, 2.24) is 10.2 Å². The van der Waals surface area contributed by atoms with Crippen LogP contribution in [0.25, 0.3) is 0 Å². The van der Waals surface area contributed by atoms with Gasteiger partial charge < -0.3 is 10.2 Å². The zero-order chi connectivity index (χ0) is 14.4. The monoisotopic (exact) mass is 268 g/mol. The number of rotatable bonds is 5. The van der Waals surface area contributed by atoms with E-state index < -0.39 is 0 Å². The van der Waals surface area contributed by atoms with E-state index in [1.54, 1.807) is 0 Å². The Hall–Kier alpha value is -1.06. The van der Waals surface area contributed by atoms with E-state index in [1.165, 1.54) is 0 Å². The van der Waals surface area contributed by atoms with Crippen molar-refractivity contribution in [2.75, 3.05) is 13.1 Å². The van der Waals surface area contributed by atoms with Gasteiger partial charge in [-0.25, -0.2) is 0 Å². The fourth-order valence-electron chi connectivity index (χ4n) is 2.56. The van der Waals surface area contributed by atoms with Gasteiger partial charge in [-0.15, -0.1) is 0 Å². The van der Waals surface area contributed by atoms with Gasteiger partial charge in [0, 0.05) is 31.0 Å². The molecule has 1 aliphatic heterocycles. The zero-order valence-electron chi connectivity index (χ0n) is 12.7. The van der Waals surface area contributed by atoms with E-state index >= 15 is 0 Å². The number of nitrogens with zero attached hydrogens (tertiary/aromatic N) is 1. The lowest BCUT2D eigenvalue weighted by Gasteiger charge is -2.35. The molecule has 1 aliphatic rings. The Morgan fingerprint density at radius 1 is 1.26 bits per heavy atom. The molecule has 0 aromatic heterocycles. The van der Waals surface area contributed by atoms with Crippen LogP contribution in [0.2, 0.25) is 0 Å². The van der Waals surface area contributed by atoms with Crippen LogP contribution in [0.5, 0.6) is 0 Å². The number of carbonyl (C=O) groups excluding carboxylic acids is 2.